The highest BCUT2D eigenvalue weighted by molar-refractivity contribution is 5.71. The number of methoxy groups -OCH3 is 2. The van der Waals surface area contributed by atoms with Crippen LogP contribution in [0.25, 0.3) is 0 Å². The van der Waals surface area contributed by atoms with Crippen molar-refractivity contribution >= 4 is 5.97 Å². The van der Waals surface area contributed by atoms with Crippen molar-refractivity contribution in [3.8, 4) is 0 Å². The van der Waals surface area contributed by atoms with Gasteiger partial charge >= 0.3 is 5.97 Å². The molecular weight excluding hydrogens is 170 g/mol. The first-order valence-corrected chi connectivity index (χ1v) is 4.54. The maximum atomic E-state index is 10.9. The molecule has 1 aliphatic rings. The fourth-order valence-corrected chi connectivity index (χ4v) is 1.68. The fraction of sp³-hybridized carbons (Fsp3) is 0.889. The Morgan fingerprint density at radius 2 is 2.31 bits per heavy atom. The Morgan fingerprint density at radius 3 is 2.92 bits per heavy atom. The number of likely N-dealkylation sites (tertiary alicyclic amines) is 1. The lowest BCUT2D eigenvalue weighted by atomic mass is 10.1. The van der Waals surface area contributed by atoms with Gasteiger partial charge in [0.25, 0.3) is 0 Å². The summed E-state index contributed by atoms with van der Waals surface area (Å²) >= 11 is 0. The number of hydrogen-bond donors (Lipinski definition) is 0. The largest absolute Gasteiger partial charge is 0.468 e. The van der Waals surface area contributed by atoms with Crippen LogP contribution < -0.4 is 0 Å². The summed E-state index contributed by atoms with van der Waals surface area (Å²) in [5.41, 5.74) is 0. The van der Waals surface area contributed by atoms with Gasteiger partial charge in [0.15, 0.2) is 0 Å². The van der Waals surface area contributed by atoms with Gasteiger partial charge in [-0.3, -0.25) is 9.69 Å². The molecule has 1 heterocycles. The van der Waals surface area contributed by atoms with E-state index in [0.29, 0.717) is 12.5 Å². The molecule has 13 heavy (non-hydrogen) atoms. The first kappa shape index (κ1) is 10.5. The van der Waals surface area contributed by atoms with E-state index in [1.54, 1.807) is 7.11 Å². The summed E-state index contributed by atoms with van der Waals surface area (Å²) in [6.45, 7) is 3.13. The number of hydrogen-bond acceptors (Lipinski definition) is 4. The lowest BCUT2D eigenvalue weighted by Crippen LogP contribution is -2.28. The average molecular weight is 187 g/mol. The Hall–Kier alpha value is -0.610. The SMILES string of the molecule is COCC1CCN(CC(=O)OC)C1. The van der Waals surface area contributed by atoms with Crippen molar-refractivity contribution in [3.05, 3.63) is 0 Å². The summed E-state index contributed by atoms with van der Waals surface area (Å²) in [4.78, 5) is 13.0. The summed E-state index contributed by atoms with van der Waals surface area (Å²) in [7, 11) is 3.13. The van der Waals surface area contributed by atoms with E-state index in [9.17, 15) is 4.79 Å². The quantitative estimate of drug-likeness (QED) is 0.586. The van der Waals surface area contributed by atoms with Crippen LogP contribution in [-0.4, -0.2) is 51.3 Å². The molecule has 1 atom stereocenters. The summed E-state index contributed by atoms with van der Waals surface area (Å²) in [6, 6.07) is 0. The predicted molar refractivity (Wildman–Crippen MR) is 48.4 cm³/mol. The summed E-state index contributed by atoms with van der Waals surface area (Å²) in [5.74, 6) is 0.424. The van der Waals surface area contributed by atoms with Crippen molar-refractivity contribution < 1.29 is 14.3 Å². The van der Waals surface area contributed by atoms with Gasteiger partial charge in [-0.2, -0.15) is 0 Å². The van der Waals surface area contributed by atoms with Crippen LogP contribution in [0.15, 0.2) is 0 Å². The molecule has 76 valence electrons. The normalized spacial score (nSPS) is 23.4. The molecule has 1 saturated heterocycles. The predicted octanol–water partition coefficient (Wildman–Crippen LogP) is 0.128. The second-order valence-electron chi connectivity index (χ2n) is 3.42. The van der Waals surface area contributed by atoms with E-state index in [4.69, 9.17) is 4.74 Å². The summed E-state index contributed by atoms with van der Waals surface area (Å²) in [6.07, 6.45) is 1.12. The monoisotopic (exact) mass is 187 g/mol. The van der Waals surface area contributed by atoms with Crippen LogP contribution in [0.4, 0.5) is 0 Å². The molecule has 0 bridgehead atoms. The number of nitrogens with zero attached hydrogens (tertiary/aromatic N) is 1. The highest BCUT2D eigenvalue weighted by Gasteiger charge is 2.23. The van der Waals surface area contributed by atoms with Crippen LogP contribution in [-0.2, 0) is 14.3 Å². The van der Waals surface area contributed by atoms with Gasteiger partial charge in [-0.25, -0.2) is 0 Å². The maximum Gasteiger partial charge on any atom is 0.319 e. The van der Waals surface area contributed by atoms with Crippen LogP contribution in [0.1, 0.15) is 6.42 Å². The summed E-state index contributed by atoms with van der Waals surface area (Å²) < 4.78 is 9.66. The molecule has 0 aliphatic carbocycles. The first-order valence-electron chi connectivity index (χ1n) is 4.54. The van der Waals surface area contributed by atoms with Gasteiger partial charge in [-0.1, -0.05) is 0 Å². The highest BCUT2D eigenvalue weighted by Crippen LogP contribution is 2.15. The minimum absolute atomic E-state index is 0.155. The topological polar surface area (TPSA) is 38.8 Å². The highest BCUT2D eigenvalue weighted by atomic mass is 16.5. The van der Waals surface area contributed by atoms with E-state index >= 15 is 0 Å². The molecule has 0 aromatic carbocycles. The third-order valence-electron chi connectivity index (χ3n) is 2.35. The van der Waals surface area contributed by atoms with Gasteiger partial charge in [0.2, 0.25) is 0 Å². The molecular formula is C9H17NO3. The lowest BCUT2D eigenvalue weighted by Gasteiger charge is -2.13. The van der Waals surface area contributed by atoms with E-state index in [1.165, 1.54) is 7.11 Å². The molecule has 0 N–H and O–H groups in total. The third kappa shape index (κ3) is 3.32. The van der Waals surface area contributed by atoms with Crippen molar-refractivity contribution in [3.63, 3.8) is 0 Å². The van der Waals surface area contributed by atoms with Gasteiger partial charge in [0.1, 0.15) is 0 Å². The molecule has 4 nitrogen and oxygen atoms in total. The molecule has 0 aromatic heterocycles. The zero-order valence-corrected chi connectivity index (χ0v) is 8.28. The number of esters is 1. The van der Waals surface area contributed by atoms with E-state index in [0.717, 1.165) is 26.1 Å². The van der Waals surface area contributed by atoms with Crippen molar-refractivity contribution in [2.24, 2.45) is 5.92 Å². The number of ether oxygens (including phenoxy) is 2. The Morgan fingerprint density at radius 1 is 1.54 bits per heavy atom. The van der Waals surface area contributed by atoms with Gasteiger partial charge in [-0.15, -0.1) is 0 Å². The number of carbonyl (C=O) groups excluding carboxylic acids is 1. The lowest BCUT2D eigenvalue weighted by molar-refractivity contribution is -0.141. The summed E-state index contributed by atoms with van der Waals surface area (Å²) in [5, 5.41) is 0. The molecule has 0 saturated carbocycles. The first-order chi connectivity index (χ1) is 6.26. The molecule has 0 spiro atoms. The molecule has 1 unspecified atom stereocenters. The molecule has 4 heteroatoms. The van der Waals surface area contributed by atoms with Crippen molar-refractivity contribution in [2.45, 2.75) is 6.42 Å². The van der Waals surface area contributed by atoms with Gasteiger partial charge in [0, 0.05) is 13.7 Å². The van der Waals surface area contributed by atoms with Gasteiger partial charge in [0.05, 0.1) is 20.3 Å². The van der Waals surface area contributed by atoms with Crippen LogP contribution in [0.5, 0.6) is 0 Å². The van der Waals surface area contributed by atoms with Crippen LogP contribution in [0, 0.1) is 5.92 Å². The molecule has 1 aliphatic heterocycles. The van der Waals surface area contributed by atoms with E-state index in [2.05, 4.69) is 9.64 Å². The van der Waals surface area contributed by atoms with E-state index < -0.39 is 0 Å². The van der Waals surface area contributed by atoms with Crippen LogP contribution in [0.3, 0.4) is 0 Å². The Labute approximate surface area is 78.8 Å². The minimum Gasteiger partial charge on any atom is -0.468 e. The second-order valence-corrected chi connectivity index (χ2v) is 3.42. The van der Waals surface area contributed by atoms with Gasteiger partial charge < -0.3 is 9.47 Å². The molecule has 0 amide bonds. The smallest absolute Gasteiger partial charge is 0.319 e. The zero-order valence-electron chi connectivity index (χ0n) is 8.28. The van der Waals surface area contributed by atoms with E-state index in [1.807, 2.05) is 0 Å². The zero-order chi connectivity index (χ0) is 9.68. The average Bonchev–Trinajstić information content (AvgIpc) is 2.53. The Balaban J connectivity index is 2.20. The van der Waals surface area contributed by atoms with Crippen molar-refractivity contribution in [2.75, 3.05) is 40.5 Å². The van der Waals surface area contributed by atoms with Gasteiger partial charge in [-0.05, 0) is 18.9 Å². The van der Waals surface area contributed by atoms with E-state index in [-0.39, 0.29) is 5.97 Å². The third-order valence-corrected chi connectivity index (χ3v) is 2.35. The standard InChI is InChI=1S/C9H17NO3/c1-12-7-8-3-4-10(5-8)6-9(11)13-2/h8H,3-7H2,1-2H3. The molecule has 1 rings (SSSR count). The minimum atomic E-state index is -0.155. The molecule has 0 aromatic rings. The van der Waals surface area contributed by atoms with Crippen molar-refractivity contribution in [1.82, 2.24) is 4.90 Å². The molecule has 1 fully saturated rings. The number of carbonyl (C=O) groups is 1. The van der Waals surface area contributed by atoms with Crippen LogP contribution >= 0.6 is 0 Å². The molecule has 0 radical (unpaired) electrons. The maximum absolute atomic E-state index is 10.9. The second kappa shape index (κ2) is 5.19. The Kier molecular flexibility index (Phi) is 4.18. The number of rotatable bonds is 4. The fourth-order valence-electron chi connectivity index (χ4n) is 1.68. The van der Waals surface area contributed by atoms with Crippen molar-refractivity contribution in [1.29, 1.82) is 0 Å². The van der Waals surface area contributed by atoms with Crippen LogP contribution in [0.2, 0.25) is 0 Å². The Bertz CT molecular complexity index is 172.